The summed E-state index contributed by atoms with van der Waals surface area (Å²) in [5, 5.41) is 11.2. The first-order chi connectivity index (χ1) is 21.2. The minimum atomic E-state index is -0.790. The van der Waals surface area contributed by atoms with E-state index in [2.05, 4.69) is 30.9 Å². The van der Waals surface area contributed by atoms with Gasteiger partial charge < -0.3 is 19.1 Å². The second-order valence-electron chi connectivity index (χ2n) is 11.6. The zero-order chi connectivity index (χ0) is 30.9. The van der Waals surface area contributed by atoms with E-state index in [0.29, 0.717) is 35.7 Å². The first kappa shape index (κ1) is 29.0. The maximum absolute atomic E-state index is 12.6. The molecule has 0 amide bonds. The molecule has 8 heteroatoms. The van der Waals surface area contributed by atoms with Gasteiger partial charge in [0.15, 0.2) is 5.78 Å². The van der Waals surface area contributed by atoms with Crippen molar-refractivity contribution in [1.29, 1.82) is 0 Å². The number of anilines is 1. The first-order valence-corrected chi connectivity index (χ1v) is 14.7. The molecular weight excluding hydrogens is 556 g/mol. The molecule has 0 bridgehead atoms. The van der Waals surface area contributed by atoms with Crippen LogP contribution in [-0.2, 0) is 5.41 Å². The van der Waals surface area contributed by atoms with Crippen LogP contribution >= 0.6 is 0 Å². The summed E-state index contributed by atoms with van der Waals surface area (Å²) >= 11 is 0. The number of hydrogen-bond donors (Lipinski definition) is 0. The number of unbranched alkanes of at least 4 members (excludes halogenated alkanes) is 1. The predicted octanol–water partition coefficient (Wildman–Crippen LogP) is 7.59. The van der Waals surface area contributed by atoms with Crippen LogP contribution in [0, 0.1) is 10.1 Å². The Kier molecular flexibility index (Phi) is 7.59. The number of nitro benzene ring substituents is 1. The van der Waals surface area contributed by atoms with Gasteiger partial charge in [-0.25, -0.2) is 0 Å². The Labute approximate surface area is 256 Å². The normalized spacial score (nSPS) is 17.5. The first-order valence-electron chi connectivity index (χ1n) is 14.7. The lowest BCUT2D eigenvalue weighted by atomic mass is 9.76. The van der Waals surface area contributed by atoms with Gasteiger partial charge in [-0.3, -0.25) is 14.9 Å². The highest BCUT2D eigenvalue weighted by molar-refractivity contribution is 6.09. The van der Waals surface area contributed by atoms with Crippen LogP contribution in [-0.4, -0.2) is 36.7 Å². The summed E-state index contributed by atoms with van der Waals surface area (Å²) in [5.74, 6) is 2.13. The SMILES string of the molecule is CN1c2ccc(OCCCCOc3ccc(C(=O)c4ccccc4)cc3)cc2C(C)(C)C12C=Cc1cc([N+](=O)[O-])ccc1O2. The highest BCUT2D eigenvalue weighted by Crippen LogP contribution is 2.55. The van der Waals surface area contributed by atoms with E-state index in [1.807, 2.05) is 67.7 Å². The van der Waals surface area contributed by atoms with E-state index >= 15 is 0 Å². The van der Waals surface area contributed by atoms with Crippen LogP contribution in [0.5, 0.6) is 17.2 Å². The fraction of sp³-hybridized carbons (Fsp3) is 0.250. The molecule has 0 saturated heterocycles. The third-order valence-electron chi connectivity index (χ3n) is 8.58. The topological polar surface area (TPSA) is 91.1 Å². The van der Waals surface area contributed by atoms with Gasteiger partial charge >= 0.3 is 0 Å². The van der Waals surface area contributed by atoms with E-state index in [4.69, 9.17) is 14.2 Å². The van der Waals surface area contributed by atoms with E-state index in [9.17, 15) is 14.9 Å². The molecule has 0 aromatic heterocycles. The standard InChI is InChI=1S/C36H34N2O6/c1-35(2)31-24-30(16-17-32(31)37(3)36(35)20-19-27-23-28(38(40)41)13-18-33(27)44-36)43-22-8-7-21-42-29-14-11-26(12-15-29)34(39)25-9-5-4-6-10-25/h4-6,9-20,23-24H,7-8,21-22H2,1-3H3. The zero-order valence-electron chi connectivity index (χ0n) is 25.0. The molecule has 2 aliphatic heterocycles. The third-order valence-corrected chi connectivity index (χ3v) is 8.58. The van der Waals surface area contributed by atoms with Crippen molar-refractivity contribution in [1.82, 2.24) is 0 Å². The smallest absolute Gasteiger partial charge is 0.270 e. The van der Waals surface area contributed by atoms with Crippen molar-refractivity contribution in [3.8, 4) is 17.2 Å². The second kappa shape index (κ2) is 11.5. The summed E-state index contributed by atoms with van der Waals surface area (Å²) in [5.41, 5.74) is 2.94. The number of nitrogens with zero attached hydrogens (tertiary/aromatic N) is 2. The minimum Gasteiger partial charge on any atom is -0.494 e. The molecule has 224 valence electrons. The van der Waals surface area contributed by atoms with E-state index in [1.165, 1.54) is 12.1 Å². The van der Waals surface area contributed by atoms with E-state index in [0.717, 1.165) is 35.6 Å². The summed E-state index contributed by atoms with van der Waals surface area (Å²) in [6, 6.07) is 27.3. The Balaban J connectivity index is 1.02. The average Bonchev–Trinajstić information content (AvgIpc) is 3.20. The van der Waals surface area contributed by atoms with E-state index in [1.54, 1.807) is 18.2 Å². The van der Waals surface area contributed by atoms with Crippen molar-refractivity contribution in [2.45, 2.75) is 37.8 Å². The number of ketones is 1. The summed E-state index contributed by atoms with van der Waals surface area (Å²) in [7, 11) is 2.00. The molecule has 0 saturated carbocycles. The fourth-order valence-electron chi connectivity index (χ4n) is 6.03. The predicted molar refractivity (Wildman–Crippen MR) is 170 cm³/mol. The van der Waals surface area contributed by atoms with Gasteiger partial charge in [0.1, 0.15) is 17.2 Å². The van der Waals surface area contributed by atoms with E-state index in [-0.39, 0.29) is 11.5 Å². The van der Waals surface area contributed by atoms with Gasteiger partial charge in [-0.2, -0.15) is 0 Å². The Hall–Kier alpha value is -5.11. The van der Waals surface area contributed by atoms with Crippen LogP contribution in [0.4, 0.5) is 11.4 Å². The van der Waals surface area contributed by atoms with Gasteiger partial charge in [-0.1, -0.05) is 30.3 Å². The van der Waals surface area contributed by atoms with Crippen molar-refractivity contribution in [2.24, 2.45) is 0 Å². The fourth-order valence-corrected chi connectivity index (χ4v) is 6.03. The number of likely N-dealkylation sites (N-methyl/N-ethyl adjacent to an activating group) is 1. The molecule has 2 heterocycles. The highest BCUT2D eigenvalue weighted by Gasteiger charge is 2.57. The number of carbonyl (C=O) groups excluding carboxylic acids is 1. The largest absolute Gasteiger partial charge is 0.494 e. The number of fused-ring (bicyclic) bond motifs is 2. The summed E-state index contributed by atoms with van der Waals surface area (Å²) in [4.78, 5) is 25.5. The quantitative estimate of drug-likeness (QED) is 0.0813. The third kappa shape index (κ3) is 5.17. The maximum atomic E-state index is 12.6. The minimum absolute atomic E-state index is 0.00702. The lowest BCUT2D eigenvalue weighted by Gasteiger charge is -2.45. The van der Waals surface area contributed by atoms with Crippen molar-refractivity contribution in [3.63, 3.8) is 0 Å². The van der Waals surface area contributed by atoms with Gasteiger partial charge in [0.2, 0.25) is 5.72 Å². The molecular formula is C36H34N2O6. The molecule has 4 aromatic rings. The number of hydrogen-bond acceptors (Lipinski definition) is 7. The Bertz CT molecular complexity index is 1730. The number of ether oxygens (including phenoxy) is 3. The van der Waals surface area contributed by atoms with Crippen LogP contribution < -0.4 is 19.1 Å². The molecule has 1 unspecified atom stereocenters. The highest BCUT2D eigenvalue weighted by atomic mass is 16.6. The maximum Gasteiger partial charge on any atom is 0.270 e. The number of nitro groups is 1. The molecule has 8 nitrogen and oxygen atoms in total. The van der Waals surface area contributed by atoms with Crippen LogP contribution in [0.1, 0.15) is 53.7 Å². The van der Waals surface area contributed by atoms with Crippen LogP contribution in [0.25, 0.3) is 6.08 Å². The summed E-state index contributed by atoms with van der Waals surface area (Å²) in [6.07, 6.45) is 5.55. The average molecular weight is 591 g/mol. The lowest BCUT2D eigenvalue weighted by molar-refractivity contribution is -0.384. The number of rotatable bonds is 10. The Morgan fingerprint density at radius 2 is 1.52 bits per heavy atom. The Morgan fingerprint density at radius 1 is 0.864 bits per heavy atom. The van der Waals surface area contributed by atoms with Crippen LogP contribution in [0.15, 0.2) is 97.1 Å². The van der Waals surface area contributed by atoms with Crippen molar-refractivity contribution in [2.75, 3.05) is 25.2 Å². The zero-order valence-corrected chi connectivity index (χ0v) is 25.0. The molecule has 1 atom stereocenters. The molecule has 0 fully saturated rings. The summed E-state index contributed by atoms with van der Waals surface area (Å²) in [6.45, 7) is 5.38. The van der Waals surface area contributed by atoms with E-state index < -0.39 is 16.1 Å². The number of non-ortho nitro benzene ring substituents is 1. The summed E-state index contributed by atoms with van der Waals surface area (Å²) < 4.78 is 18.6. The Morgan fingerprint density at radius 3 is 2.23 bits per heavy atom. The van der Waals surface area contributed by atoms with Crippen molar-refractivity contribution >= 4 is 23.2 Å². The number of benzene rings is 4. The molecule has 0 aliphatic carbocycles. The molecule has 1 spiro atoms. The monoisotopic (exact) mass is 590 g/mol. The van der Waals surface area contributed by atoms with Gasteiger partial charge in [-0.05, 0) is 92.9 Å². The second-order valence-corrected chi connectivity index (χ2v) is 11.6. The van der Waals surface area contributed by atoms with Gasteiger partial charge in [0.05, 0.1) is 23.6 Å². The molecule has 0 radical (unpaired) electrons. The lowest BCUT2D eigenvalue weighted by Crippen LogP contribution is -2.58. The van der Waals surface area contributed by atoms with Gasteiger partial charge in [0.25, 0.3) is 5.69 Å². The molecule has 0 N–H and O–H groups in total. The van der Waals surface area contributed by atoms with Gasteiger partial charge in [0, 0.05) is 41.6 Å². The molecule has 2 aliphatic rings. The molecule has 6 rings (SSSR count). The van der Waals surface area contributed by atoms with Crippen LogP contribution in [0.3, 0.4) is 0 Å². The molecule has 4 aromatic carbocycles. The van der Waals surface area contributed by atoms with Gasteiger partial charge in [-0.15, -0.1) is 0 Å². The van der Waals surface area contributed by atoms with Crippen molar-refractivity contribution in [3.05, 3.63) is 129 Å². The van der Waals surface area contributed by atoms with Crippen molar-refractivity contribution < 1.29 is 23.9 Å². The van der Waals surface area contributed by atoms with Crippen LogP contribution in [0.2, 0.25) is 0 Å². The number of carbonyl (C=O) groups is 1. The molecule has 44 heavy (non-hydrogen) atoms.